The van der Waals surface area contributed by atoms with Gasteiger partial charge >= 0.3 is 0 Å². The Bertz CT molecular complexity index is 477. The Kier molecular flexibility index (Phi) is 6.45. The van der Waals surface area contributed by atoms with Gasteiger partial charge in [-0.15, -0.1) is 0 Å². The molecule has 5 heteroatoms. The van der Waals surface area contributed by atoms with Gasteiger partial charge in [0.1, 0.15) is 5.75 Å². The number of rotatable bonds is 7. The van der Waals surface area contributed by atoms with Gasteiger partial charge < -0.3 is 15.8 Å². The summed E-state index contributed by atoms with van der Waals surface area (Å²) in [5, 5.41) is 2.82. The van der Waals surface area contributed by atoms with Gasteiger partial charge in [0, 0.05) is 11.8 Å². The summed E-state index contributed by atoms with van der Waals surface area (Å²) >= 11 is 4.90. The Morgan fingerprint density at radius 1 is 1.40 bits per heavy atom. The van der Waals surface area contributed by atoms with Crippen molar-refractivity contribution in [3.8, 4) is 5.75 Å². The van der Waals surface area contributed by atoms with Crippen LogP contribution in [0.15, 0.2) is 24.3 Å². The van der Waals surface area contributed by atoms with Crippen molar-refractivity contribution in [2.45, 2.75) is 39.7 Å². The van der Waals surface area contributed by atoms with E-state index in [1.165, 1.54) is 0 Å². The molecule has 1 aromatic rings. The van der Waals surface area contributed by atoms with Crippen LogP contribution in [-0.2, 0) is 4.79 Å². The standard InChI is InChI=1S/C15H22N2O2S/c1-4-10(3)19-12-8-6-7-11(9-12)17-15(18)13(5-2)14(16)20/h6-10,13H,4-5H2,1-3H3,(H2,16,20)(H,17,18). The van der Waals surface area contributed by atoms with Gasteiger partial charge in [-0.25, -0.2) is 0 Å². The van der Waals surface area contributed by atoms with E-state index in [0.717, 1.165) is 12.2 Å². The molecule has 0 saturated carbocycles. The molecule has 1 amide bonds. The summed E-state index contributed by atoms with van der Waals surface area (Å²) in [7, 11) is 0. The molecule has 2 unspecified atom stereocenters. The third-order valence-corrected chi connectivity index (χ3v) is 3.37. The molecule has 20 heavy (non-hydrogen) atoms. The second-order valence-electron chi connectivity index (χ2n) is 4.72. The number of nitrogens with one attached hydrogen (secondary N) is 1. The predicted molar refractivity (Wildman–Crippen MR) is 86.0 cm³/mol. The SMILES string of the molecule is CCC(C)Oc1cccc(NC(=O)C(CC)C(N)=S)c1. The Hall–Kier alpha value is -1.62. The second-order valence-corrected chi connectivity index (χ2v) is 5.19. The van der Waals surface area contributed by atoms with E-state index in [-0.39, 0.29) is 17.0 Å². The minimum absolute atomic E-state index is 0.140. The van der Waals surface area contributed by atoms with Crippen LogP contribution in [-0.4, -0.2) is 17.0 Å². The second kappa shape index (κ2) is 7.85. The first-order valence-corrected chi connectivity index (χ1v) is 7.25. The summed E-state index contributed by atoms with van der Waals surface area (Å²) in [6.45, 7) is 5.95. The lowest BCUT2D eigenvalue weighted by Gasteiger charge is -2.15. The summed E-state index contributed by atoms with van der Waals surface area (Å²) in [4.78, 5) is 12.3. The minimum Gasteiger partial charge on any atom is -0.491 e. The fourth-order valence-corrected chi connectivity index (χ4v) is 1.98. The molecule has 0 aliphatic carbocycles. The lowest BCUT2D eigenvalue weighted by molar-refractivity contribution is -0.118. The molecule has 0 aliphatic rings. The number of anilines is 1. The van der Waals surface area contributed by atoms with E-state index in [1.54, 1.807) is 6.07 Å². The van der Waals surface area contributed by atoms with E-state index < -0.39 is 5.92 Å². The van der Waals surface area contributed by atoms with Crippen molar-refractivity contribution >= 4 is 28.8 Å². The number of ether oxygens (including phenoxy) is 1. The number of benzene rings is 1. The minimum atomic E-state index is -0.441. The number of nitrogens with two attached hydrogens (primary N) is 1. The average molecular weight is 294 g/mol. The van der Waals surface area contributed by atoms with Gasteiger partial charge in [0.25, 0.3) is 0 Å². The zero-order chi connectivity index (χ0) is 15.1. The topological polar surface area (TPSA) is 64.3 Å². The highest BCUT2D eigenvalue weighted by Crippen LogP contribution is 2.20. The number of thiocarbonyl (C=S) groups is 1. The number of hydrogen-bond acceptors (Lipinski definition) is 3. The zero-order valence-electron chi connectivity index (χ0n) is 12.2. The maximum Gasteiger partial charge on any atom is 0.234 e. The molecule has 4 nitrogen and oxygen atoms in total. The molecule has 0 spiro atoms. The molecule has 0 bridgehead atoms. The fraction of sp³-hybridized carbons (Fsp3) is 0.467. The molecule has 0 radical (unpaired) electrons. The van der Waals surface area contributed by atoms with E-state index in [9.17, 15) is 4.79 Å². The Balaban J connectivity index is 2.75. The van der Waals surface area contributed by atoms with Gasteiger partial charge in [0.05, 0.1) is 17.0 Å². The zero-order valence-corrected chi connectivity index (χ0v) is 13.0. The van der Waals surface area contributed by atoms with E-state index in [2.05, 4.69) is 12.2 Å². The van der Waals surface area contributed by atoms with Gasteiger partial charge in [-0.1, -0.05) is 32.1 Å². The first-order chi connectivity index (χ1) is 9.47. The molecular formula is C15H22N2O2S. The third kappa shape index (κ3) is 4.81. The number of amides is 1. The van der Waals surface area contributed by atoms with Crippen molar-refractivity contribution < 1.29 is 9.53 Å². The van der Waals surface area contributed by atoms with Gasteiger partial charge in [0.15, 0.2) is 0 Å². The van der Waals surface area contributed by atoms with Crippen molar-refractivity contribution in [3.63, 3.8) is 0 Å². The third-order valence-electron chi connectivity index (χ3n) is 3.08. The summed E-state index contributed by atoms with van der Waals surface area (Å²) in [6, 6.07) is 7.33. The highest BCUT2D eigenvalue weighted by atomic mass is 32.1. The van der Waals surface area contributed by atoms with Crippen LogP contribution in [0.2, 0.25) is 0 Å². The molecule has 2 atom stereocenters. The van der Waals surface area contributed by atoms with Gasteiger partial charge in [-0.2, -0.15) is 0 Å². The molecule has 0 aromatic heterocycles. The van der Waals surface area contributed by atoms with E-state index in [0.29, 0.717) is 12.1 Å². The fourth-order valence-electron chi connectivity index (χ4n) is 1.71. The van der Waals surface area contributed by atoms with Crippen LogP contribution in [0.25, 0.3) is 0 Å². The normalized spacial score (nSPS) is 13.3. The Labute approximate surface area is 125 Å². The molecule has 3 N–H and O–H groups in total. The maximum absolute atomic E-state index is 12.1. The summed E-state index contributed by atoms with van der Waals surface area (Å²) in [5.41, 5.74) is 6.25. The molecule has 110 valence electrons. The van der Waals surface area contributed by atoms with E-state index in [1.807, 2.05) is 32.0 Å². The Morgan fingerprint density at radius 2 is 2.10 bits per heavy atom. The summed E-state index contributed by atoms with van der Waals surface area (Å²) in [5.74, 6) is 0.116. The van der Waals surface area contributed by atoms with Crippen LogP contribution in [0.4, 0.5) is 5.69 Å². The number of carbonyl (C=O) groups is 1. The number of carbonyl (C=O) groups excluding carboxylic acids is 1. The monoisotopic (exact) mass is 294 g/mol. The van der Waals surface area contributed by atoms with Crippen molar-refractivity contribution in [2.75, 3.05) is 5.32 Å². The van der Waals surface area contributed by atoms with Crippen LogP contribution in [0, 0.1) is 5.92 Å². The summed E-state index contributed by atoms with van der Waals surface area (Å²) in [6.07, 6.45) is 1.65. The largest absolute Gasteiger partial charge is 0.491 e. The summed E-state index contributed by atoms with van der Waals surface area (Å²) < 4.78 is 5.72. The smallest absolute Gasteiger partial charge is 0.234 e. The molecule has 1 aromatic carbocycles. The first kappa shape index (κ1) is 16.4. The molecule has 1 rings (SSSR count). The number of hydrogen-bond donors (Lipinski definition) is 2. The van der Waals surface area contributed by atoms with Crippen LogP contribution < -0.4 is 15.8 Å². The van der Waals surface area contributed by atoms with Crippen LogP contribution >= 0.6 is 12.2 Å². The highest BCUT2D eigenvalue weighted by Gasteiger charge is 2.19. The van der Waals surface area contributed by atoms with E-state index >= 15 is 0 Å². The molecule has 0 saturated heterocycles. The molecule has 0 fully saturated rings. The highest BCUT2D eigenvalue weighted by molar-refractivity contribution is 7.80. The van der Waals surface area contributed by atoms with Crippen molar-refractivity contribution in [1.82, 2.24) is 0 Å². The van der Waals surface area contributed by atoms with Crippen molar-refractivity contribution in [2.24, 2.45) is 11.7 Å². The van der Waals surface area contributed by atoms with Gasteiger partial charge in [-0.3, -0.25) is 4.79 Å². The lowest BCUT2D eigenvalue weighted by Crippen LogP contribution is -2.32. The van der Waals surface area contributed by atoms with E-state index in [4.69, 9.17) is 22.7 Å². The maximum atomic E-state index is 12.1. The Morgan fingerprint density at radius 3 is 2.65 bits per heavy atom. The van der Waals surface area contributed by atoms with Gasteiger partial charge in [-0.05, 0) is 31.9 Å². The molecular weight excluding hydrogens is 272 g/mol. The quantitative estimate of drug-likeness (QED) is 0.758. The van der Waals surface area contributed by atoms with Crippen LogP contribution in [0.1, 0.15) is 33.6 Å². The molecule has 0 heterocycles. The molecule has 0 aliphatic heterocycles. The lowest BCUT2D eigenvalue weighted by atomic mass is 10.1. The average Bonchev–Trinajstić information content (AvgIpc) is 2.39. The van der Waals surface area contributed by atoms with Crippen LogP contribution in [0.3, 0.4) is 0 Å². The van der Waals surface area contributed by atoms with Crippen LogP contribution in [0.5, 0.6) is 5.75 Å². The van der Waals surface area contributed by atoms with Gasteiger partial charge in [0.2, 0.25) is 5.91 Å². The predicted octanol–water partition coefficient (Wildman–Crippen LogP) is 3.11. The first-order valence-electron chi connectivity index (χ1n) is 6.84. The van der Waals surface area contributed by atoms with Crippen molar-refractivity contribution in [3.05, 3.63) is 24.3 Å². The van der Waals surface area contributed by atoms with Crippen molar-refractivity contribution in [1.29, 1.82) is 0 Å².